The van der Waals surface area contributed by atoms with Crippen LogP contribution in [0.4, 0.5) is 5.69 Å². The maximum atomic E-state index is 5.93. The third-order valence-corrected chi connectivity index (χ3v) is 2.33. The summed E-state index contributed by atoms with van der Waals surface area (Å²) in [6.45, 7) is 2.01. The van der Waals surface area contributed by atoms with Crippen LogP contribution in [-0.4, -0.2) is 4.98 Å². The van der Waals surface area contributed by atoms with Crippen molar-refractivity contribution in [3.8, 4) is 0 Å². The topological polar surface area (TPSA) is 38.9 Å². The molecular formula is C10H9ClN2. The van der Waals surface area contributed by atoms with Crippen molar-refractivity contribution in [2.24, 2.45) is 0 Å². The molecule has 2 N–H and O–H groups in total. The Morgan fingerprint density at radius 2 is 2.08 bits per heavy atom. The normalized spacial score (nSPS) is 10.6. The van der Waals surface area contributed by atoms with E-state index in [4.69, 9.17) is 17.3 Å². The number of aryl methyl sites for hydroxylation is 1. The van der Waals surface area contributed by atoms with Gasteiger partial charge in [-0.1, -0.05) is 29.3 Å². The Bertz CT molecular complexity index is 466. The van der Waals surface area contributed by atoms with E-state index in [-0.39, 0.29) is 0 Å². The number of nitrogens with zero attached hydrogens (tertiary/aromatic N) is 1. The van der Waals surface area contributed by atoms with Gasteiger partial charge in [-0.05, 0) is 13.0 Å². The summed E-state index contributed by atoms with van der Waals surface area (Å²) in [5.41, 5.74) is 7.57. The van der Waals surface area contributed by atoms with Gasteiger partial charge in [0.15, 0.2) is 0 Å². The number of anilines is 1. The van der Waals surface area contributed by atoms with E-state index < -0.39 is 0 Å². The molecule has 0 atom stereocenters. The van der Waals surface area contributed by atoms with Crippen molar-refractivity contribution >= 4 is 28.1 Å². The minimum absolute atomic E-state index is 0.507. The fraction of sp³-hybridized carbons (Fsp3) is 0.100. The molecule has 1 heterocycles. The predicted molar refractivity (Wildman–Crippen MR) is 55.9 cm³/mol. The Morgan fingerprint density at radius 1 is 1.31 bits per heavy atom. The van der Waals surface area contributed by atoms with Gasteiger partial charge in [-0.2, -0.15) is 0 Å². The third kappa shape index (κ3) is 1.33. The Kier molecular flexibility index (Phi) is 1.85. The number of rotatable bonds is 0. The molecule has 1 aromatic carbocycles. The summed E-state index contributed by atoms with van der Waals surface area (Å²) in [7, 11) is 0. The number of nitrogen functional groups attached to an aromatic ring is 1. The lowest BCUT2D eigenvalue weighted by Gasteiger charge is -2.03. The number of fused-ring (bicyclic) bond motifs is 1. The first-order chi connectivity index (χ1) is 6.18. The molecular weight excluding hydrogens is 184 g/mol. The molecule has 2 aromatic rings. The van der Waals surface area contributed by atoms with Gasteiger partial charge in [-0.15, -0.1) is 0 Å². The lowest BCUT2D eigenvalue weighted by atomic mass is 10.1. The molecule has 66 valence electrons. The minimum Gasteiger partial charge on any atom is -0.397 e. The first-order valence-electron chi connectivity index (χ1n) is 3.99. The van der Waals surface area contributed by atoms with Crippen molar-refractivity contribution in [1.82, 2.24) is 4.98 Å². The van der Waals surface area contributed by atoms with Gasteiger partial charge in [0.2, 0.25) is 0 Å². The maximum absolute atomic E-state index is 5.93. The standard InChI is InChI=1S/C10H9ClN2/c1-6-2-3-7-8(4-6)10(11)13-5-9(7)12/h2-5H,12H2,1H3. The molecule has 0 radical (unpaired) electrons. The van der Waals surface area contributed by atoms with E-state index in [2.05, 4.69) is 4.98 Å². The van der Waals surface area contributed by atoms with Gasteiger partial charge in [0.25, 0.3) is 0 Å². The van der Waals surface area contributed by atoms with E-state index in [1.165, 1.54) is 0 Å². The Labute approximate surface area is 81.3 Å². The number of hydrogen-bond acceptors (Lipinski definition) is 2. The van der Waals surface area contributed by atoms with Gasteiger partial charge < -0.3 is 5.73 Å². The highest BCUT2D eigenvalue weighted by Crippen LogP contribution is 2.26. The minimum atomic E-state index is 0.507. The van der Waals surface area contributed by atoms with Crippen LogP contribution in [0.3, 0.4) is 0 Å². The molecule has 0 saturated carbocycles. The van der Waals surface area contributed by atoms with Crippen LogP contribution in [-0.2, 0) is 0 Å². The summed E-state index contributed by atoms with van der Waals surface area (Å²) in [4.78, 5) is 3.99. The van der Waals surface area contributed by atoms with Crippen molar-refractivity contribution in [1.29, 1.82) is 0 Å². The molecule has 0 spiro atoms. The van der Waals surface area contributed by atoms with Crippen LogP contribution in [0.2, 0.25) is 5.15 Å². The number of benzene rings is 1. The number of pyridine rings is 1. The predicted octanol–water partition coefficient (Wildman–Crippen LogP) is 2.78. The van der Waals surface area contributed by atoms with Crippen LogP contribution in [0, 0.1) is 6.92 Å². The maximum Gasteiger partial charge on any atom is 0.136 e. The van der Waals surface area contributed by atoms with Gasteiger partial charge in [0.1, 0.15) is 5.15 Å². The van der Waals surface area contributed by atoms with Crippen molar-refractivity contribution in [3.63, 3.8) is 0 Å². The molecule has 1 aromatic heterocycles. The number of nitrogens with two attached hydrogens (primary N) is 1. The largest absolute Gasteiger partial charge is 0.397 e. The van der Waals surface area contributed by atoms with Crippen molar-refractivity contribution in [3.05, 3.63) is 35.1 Å². The van der Waals surface area contributed by atoms with Gasteiger partial charge in [0, 0.05) is 10.8 Å². The fourth-order valence-corrected chi connectivity index (χ4v) is 1.55. The van der Waals surface area contributed by atoms with Gasteiger partial charge in [0.05, 0.1) is 11.9 Å². The fourth-order valence-electron chi connectivity index (χ4n) is 1.35. The Hall–Kier alpha value is -1.28. The average molecular weight is 193 g/mol. The van der Waals surface area contributed by atoms with Crippen LogP contribution in [0.5, 0.6) is 0 Å². The Morgan fingerprint density at radius 3 is 2.85 bits per heavy atom. The molecule has 0 aliphatic heterocycles. The molecule has 0 amide bonds. The summed E-state index contributed by atoms with van der Waals surface area (Å²) in [5.74, 6) is 0. The smallest absolute Gasteiger partial charge is 0.136 e. The van der Waals surface area contributed by atoms with Crippen molar-refractivity contribution in [2.45, 2.75) is 6.92 Å². The molecule has 0 saturated heterocycles. The van der Waals surface area contributed by atoms with Gasteiger partial charge >= 0.3 is 0 Å². The lowest BCUT2D eigenvalue weighted by molar-refractivity contribution is 1.36. The second-order valence-electron chi connectivity index (χ2n) is 3.05. The second kappa shape index (κ2) is 2.89. The molecule has 0 bridgehead atoms. The quantitative estimate of drug-likeness (QED) is 0.652. The highest BCUT2D eigenvalue weighted by atomic mass is 35.5. The van der Waals surface area contributed by atoms with Gasteiger partial charge in [-0.3, -0.25) is 0 Å². The van der Waals surface area contributed by atoms with E-state index in [9.17, 15) is 0 Å². The molecule has 0 unspecified atom stereocenters. The zero-order valence-electron chi connectivity index (χ0n) is 7.21. The molecule has 0 aliphatic rings. The number of halogens is 1. The van der Waals surface area contributed by atoms with E-state index in [1.54, 1.807) is 6.20 Å². The number of aromatic nitrogens is 1. The average Bonchev–Trinajstić information content (AvgIpc) is 2.12. The van der Waals surface area contributed by atoms with Crippen molar-refractivity contribution in [2.75, 3.05) is 5.73 Å². The van der Waals surface area contributed by atoms with Crippen LogP contribution in [0.1, 0.15) is 5.56 Å². The monoisotopic (exact) mass is 192 g/mol. The summed E-state index contributed by atoms with van der Waals surface area (Å²) >= 11 is 5.93. The SMILES string of the molecule is Cc1ccc2c(N)cnc(Cl)c2c1. The first-order valence-corrected chi connectivity index (χ1v) is 4.36. The van der Waals surface area contributed by atoms with Crippen molar-refractivity contribution < 1.29 is 0 Å². The highest BCUT2D eigenvalue weighted by molar-refractivity contribution is 6.34. The van der Waals surface area contributed by atoms with Crippen LogP contribution >= 0.6 is 11.6 Å². The molecule has 3 heteroatoms. The molecule has 13 heavy (non-hydrogen) atoms. The summed E-state index contributed by atoms with van der Waals surface area (Å²) in [6, 6.07) is 5.96. The van der Waals surface area contributed by atoms with Crippen LogP contribution < -0.4 is 5.73 Å². The molecule has 0 aliphatic carbocycles. The van der Waals surface area contributed by atoms with E-state index in [1.807, 2.05) is 25.1 Å². The van der Waals surface area contributed by atoms with E-state index >= 15 is 0 Å². The van der Waals surface area contributed by atoms with Gasteiger partial charge in [-0.25, -0.2) is 4.98 Å². The zero-order chi connectivity index (χ0) is 9.42. The van der Waals surface area contributed by atoms with E-state index in [0.717, 1.165) is 16.3 Å². The van der Waals surface area contributed by atoms with E-state index in [0.29, 0.717) is 10.8 Å². The molecule has 2 rings (SSSR count). The summed E-state index contributed by atoms with van der Waals surface area (Å²) < 4.78 is 0. The summed E-state index contributed by atoms with van der Waals surface area (Å²) in [6.07, 6.45) is 1.58. The number of hydrogen-bond donors (Lipinski definition) is 1. The zero-order valence-corrected chi connectivity index (χ0v) is 7.97. The molecule has 0 fully saturated rings. The second-order valence-corrected chi connectivity index (χ2v) is 3.41. The third-order valence-electron chi connectivity index (χ3n) is 2.03. The van der Waals surface area contributed by atoms with Crippen LogP contribution in [0.15, 0.2) is 24.4 Å². The molecule has 2 nitrogen and oxygen atoms in total. The lowest BCUT2D eigenvalue weighted by Crippen LogP contribution is -1.90. The first kappa shape index (κ1) is 8.32. The summed E-state index contributed by atoms with van der Waals surface area (Å²) in [5, 5.41) is 2.39. The van der Waals surface area contributed by atoms with Crippen LogP contribution in [0.25, 0.3) is 10.8 Å². The Balaban J connectivity index is 2.92. The highest BCUT2D eigenvalue weighted by Gasteiger charge is 2.02.